The number of carbonyl (C=O) groups excluding carboxylic acids is 1. The number of hydrogen-bond donors (Lipinski definition) is 1. The molecule has 20 heavy (non-hydrogen) atoms. The van der Waals surface area contributed by atoms with Crippen LogP contribution in [0.25, 0.3) is 0 Å². The largest absolute Gasteiger partial charge is 0.399 e. The summed E-state index contributed by atoms with van der Waals surface area (Å²) >= 11 is 0. The molecule has 0 aliphatic rings. The van der Waals surface area contributed by atoms with Crippen molar-refractivity contribution in [3.05, 3.63) is 59.2 Å². The zero-order chi connectivity index (χ0) is 14.7. The fraction of sp³-hybridized carbons (Fsp3) is 0.235. The molecule has 0 unspecified atom stereocenters. The standard InChI is InChI=1S/C17H20N2O/c1-4-19(15-9-6-8-14(18)11-15)17(20)16-10-5-7-12(2)13(16)3/h5-11H,4,18H2,1-3H3. The van der Waals surface area contributed by atoms with E-state index in [-0.39, 0.29) is 5.91 Å². The lowest BCUT2D eigenvalue weighted by atomic mass is 10.0. The third-order valence-electron chi connectivity index (χ3n) is 3.58. The van der Waals surface area contributed by atoms with Crippen LogP contribution in [0.5, 0.6) is 0 Å². The van der Waals surface area contributed by atoms with Gasteiger partial charge in [-0.3, -0.25) is 4.79 Å². The first-order valence-electron chi connectivity index (χ1n) is 6.78. The first-order valence-corrected chi connectivity index (χ1v) is 6.78. The summed E-state index contributed by atoms with van der Waals surface area (Å²) in [4.78, 5) is 14.5. The molecule has 0 atom stereocenters. The zero-order valence-electron chi connectivity index (χ0n) is 12.2. The van der Waals surface area contributed by atoms with Gasteiger partial charge in [0.1, 0.15) is 0 Å². The van der Waals surface area contributed by atoms with Gasteiger partial charge in [-0.2, -0.15) is 0 Å². The number of anilines is 2. The van der Waals surface area contributed by atoms with Crippen molar-refractivity contribution in [2.45, 2.75) is 20.8 Å². The minimum absolute atomic E-state index is 0.0132. The highest BCUT2D eigenvalue weighted by atomic mass is 16.2. The average Bonchev–Trinajstić information content (AvgIpc) is 2.42. The van der Waals surface area contributed by atoms with Crippen molar-refractivity contribution in [2.75, 3.05) is 17.2 Å². The predicted octanol–water partition coefficient (Wildman–Crippen LogP) is 3.55. The van der Waals surface area contributed by atoms with E-state index in [0.717, 1.165) is 22.4 Å². The molecular formula is C17H20N2O. The lowest BCUT2D eigenvalue weighted by molar-refractivity contribution is 0.0987. The summed E-state index contributed by atoms with van der Waals surface area (Å²) in [6.07, 6.45) is 0. The number of benzene rings is 2. The van der Waals surface area contributed by atoms with Crippen molar-refractivity contribution in [3.63, 3.8) is 0 Å². The van der Waals surface area contributed by atoms with E-state index in [4.69, 9.17) is 5.73 Å². The molecule has 0 saturated heterocycles. The van der Waals surface area contributed by atoms with E-state index in [1.165, 1.54) is 0 Å². The molecule has 2 rings (SSSR count). The Morgan fingerprint density at radius 2 is 1.85 bits per heavy atom. The quantitative estimate of drug-likeness (QED) is 0.865. The van der Waals surface area contributed by atoms with Gasteiger partial charge in [0.2, 0.25) is 0 Å². The lowest BCUT2D eigenvalue weighted by Crippen LogP contribution is -2.31. The fourth-order valence-electron chi connectivity index (χ4n) is 2.26. The summed E-state index contributed by atoms with van der Waals surface area (Å²) in [7, 11) is 0. The molecule has 2 aromatic rings. The number of nitrogens with two attached hydrogens (primary N) is 1. The second-order valence-corrected chi connectivity index (χ2v) is 4.89. The second kappa shape index (κ2) is 5.78. The summed E-state index contributed by atoms with van der Waals surface area (Å²) in [5.74, 6) is 0.0132. The van der Waals surface area contributed by atoms with Crippen LogP contribution < -0.4 is 10.6 Å². The number of rotatable bonds is 3. The summed E-state index contributed by atoms with van der Waals surface area (Å²) < 4.78 is 0. The normalized spacial score (nSPS) is 10.3. The topological polar surface area (TPSA) is 46.3 Å². The molecule has 0 spiro atoms. The van der Waals surface area contributed by atoms with E-state index < -0.39 is 0 Å². The molecule has 0 aromatic heterocycles. The average molecular weight is 268 g/mol. The smallest absolute Gasteiger partial charge is 0.258 e. The third-order valence-corrected chi connectivity index (χ3v) is 3.58. The predicted molar refractivity (Wildman–Crippen MR) is 84.1 cm³/mol. The molecule has 0 heterocycles. The SMILES string of the molecule is CCN(C(=O)c1cccc(C)c1C)c1cccc(N)c1. The molecule has 0 saturated carbocycles. The van der Waals surface area contributed by atoms with E-state index in [1.807, 2.05) is 63.2 Å². The van der Waals surface area contributed by atoms with Gasteiger partial charge >= 0.3 is 0 Å². The van der Waals surface area contributed by atoms with Crippen LogP contribution in [-0.2, 0) is 0 Å². The van der Waals surface area contributed by atoms with Gasteiger partial charge in [0.25, 0.3) is 5.91 Å². The summed E-state index contributed by atoms with van der Waals surface area (Å²) in [5.41, 5.74) is 10.2. The van der Waals surface area contributed by atoms with Crippen LogP contribution in [0.4, 0.5) is 11.4 Å². The van der Waals surface area contributed by atoms with E-state index >= 15 is 0 Å². The first-order chi connectivity index (χ1) is 9.54. The van der Waals surface area contributed by atoms with E-state index in [1.54, 1.807) is 4.90 Å². The van der Waals surface area contributed by atoms with E-state index in [2.05, 4.69) is 0 Å². The maximum Gasteiger partial charge on any atom is 0.258 e. The number of aryl methyl sites for hydroxylation is 1. The number of nitrogens with zero attached hydrogens (tertiary/aromatic N) is 1. The molecule has 3 nitrogen and oxygen atoms in total. The Bertz CT molecular complexity index is 635. The summed E-state index contributed by atoms with van der Waals surface area (Å²) in [5, 5.41) is 0. The Morgan fingerprint density at radius 3 is 2.50 bits per heavy atom. The lowest BCUT2D eigenvalue weighted by Gasteiger charge is -2.22. The van der Waals surface area contributed by atoms with Crippen molar-refractivity contribution < 1.29 is 4.79 Å². The number of nitrogen functional groups attached to an aromatic ring is 1. The van der Waals surface area contributed by atoms with Crippen molar-refractivity contribution in [1.29, 1.82) is 0 Å². The van der Waals surface area contributed by atoms with Crippen molar-refractivity contribution in [3.8, 4) is 0 Å². The highest BCUT2D eigenvalue weighted by Gasteiger charge is 2.18. The molecule has 0 aliphatic heterocycles. The molecule has 2 aromatic carbocycles. The monoisotopic (exact) mass is 268 g/mol. The van der Waals surface area contributed by atoms with Crippen LogP contribution in [0.15, 0.2) is 42.5 Å². The van der Waals surface area contributed by atoms with Crippen LogP contribution in [0.3, 0.4) is 0 Å². The molecule has 1 amide bonds. The third kappa shape index (κ3) is 2.67. The van der Waals surface area contributed by atoms with Gasteiger partial charge in [-0.15, -0.1) is 0 Å². The molecule has 0 radical (unpaired) electrons. The van der Waals surface area contributed by atoms with Crippen molar-refractivity contribution in [1.82, 2.24) is 0 Å². The van der Waals surface area contributed by atoms with E-state index in [0.29, 0.717) is 12.2 Å². The molecular weight excluding hydrogens is 248 g/mol. The molecule has 3 heteroatoms. The zero-order valence-corrected chi connectivity index (χ0v) is 12.2. The fourth-order valence-corrected chi connectivity index (χ4v) is 2.26. The van der Waals surface area contributed by atoms with E-state index in [9.17, 15) is 4.79 Å². The number of hydrogen-bond acceptors (Lipinski definition) is 2. The summed E-state index contributed by atoms with van der Waals surface area (Å²) in [6.45, 7) is 6.57. The molecule has 0 aliphatic carbocycles. The van der Waals surface area contributed by atoms with Crippen LogP contribution in [0, 0.1) is 13.8 Å². The molecule has 104 valence electrons. The van der Waals surface area contributed by atoms with Gasteiger partial charge in [-0.1, -0.05) is 18.2 Å². The van der Waals surface area contributed by atoms with Gasteiger partial charge in [-0.05, 0) is 56.2 Å². The Morgan fingerprint density at radius 1 is 1.15 bits per heavy atom. The highest BCUT2D eigenvalue weighted by Crippen LogP contribution is 2.22. The minimum Gasteiger partial charge on any atom is -0.399 e. The van der Waals surface area contributed by atoms with Crippen LogP contribution in [-0.4, -0.2) is 12.5 Å². The highest BCUT2D eigenvalue weighted by molar-refractivity contribution is 6.07. The molecule has 0 fully saturated rings. The van der Waals surface area contributed by atoms with Crippen LogP contribution in [0.1, 0.15) is 28.4 Å². The van der Waals surface area contributed by atoms with Gasteiger partial charge in [0.05, 0.1) is 0 Å². The minimum atomic E-state index is 0.0132. The Kier molecular flexibility index (Phi) is 4.08. The van der Waals surface area contributed by atoms with Gasteiger partial charge < -0.3 is 10.6 Å². The van der Waals surface area contributed by atoms with Crippen LogP contribution >= 0.6 is 0 Å². The van der Waals surface area contributed by atoms with Crippen LogP contribution in [0.2, 0.25) is 0 Å². The first kappa shape index (κ1) is 14.1. The Labute approximate surface area is 120 Å². The Balaban J connectivity index is 2.42. The second-order valence-electron chi connectivity index (χ2n) is 4.89. The number of carbonyl (C=O) groups is 1. The van der Waals surface area contributed by atoms with Gasteiger partial charge in [0.15, 0.2) is 0 Å². The Hall–Kier alpha value is -2.29. The molecule has 0 bridgehead atoms. The van der Waals surface area contributed by atoms with Gasteiger partial charge in [-0.25, -0.2) is 0 Å². The maximum atomic E-state index is 12.7. The van der Waals surface area contributed by atoms with Crippen molar-refractivity contribution >= 4 is 17.3 Å². The van der Waals surface area contributed by atoms with Crippen molar-refractivity contribution in [2.24, 2.45) is 0 Å². The maximum absolute atomic E-state index is 12.7. The molecule has 2 N–H and O–H groups in total. The van der Waals surface area contributed by atoms with Gasteiger partial charge in [0, 0.05) is 23.5 Å². The summed E-state index contributed by atoms with van der Waals surface area (Å²) in [6, 6.07) is 13.2. The number of amides is 1.